The molecule has 6 heteroatoms. The van der Waals surface area contributed by atoms with Crippen LogP contribution < -0.4 is 10.1 Å². The lowest BCUT2D eigenvalue weighted by Gasteiger charge is -2.06. The van der Waals surface area contributed by atoms with Gasteiger partial charge in [-0.25, -0.2) is 8.78 Å². The Kier molecular flexibility index (Phi) is 5.16. The van der Waals surface area contributed by atoms with Crippen LogP contribution in [-0.2, 0) is 4.79 Å². The van der Waals surface area contributed by atoms with E-state index in [4.69, 9.17) is 4.74 Å². The molecule has 0 unspecified atom stereocenters. The van der Waals surface area contributed by atoms with Crippen molar-refractivity contribution in [2.45, 2.75) is 4.90 Å². The second kappa shape index (κ2) is 7.08. The normalized spacial score (nSPS) is 10.2. The summed E-state index contributed by atoms with van der Waals surface area (Å²) in [6.45, 7) is 0. The van der Waals surface area contributed by atoms with E-state index >= 15 is 0 Å². The predicted molar refractivity (Wildman–Crippen MR) is 78.7 cm³/mol. The molecule has 2 rings (SSSR count). The van der Waals surface area contributed by atoms with Crippen molar-refractivity contribution in [1.29, 1.82) is 0 Å². The number of thioether (sulfide) groups is 1. The fourth-order valence-electron chi connectivity index (χ4n) is 1.66. The minimum absolute atomic E-state index is 0.101. The molecule has 0 bridgehead atoms. The Hall–Kier alpha value is -2.08. The molecule has 0 aliphatic rings. The zero-order valence-electron chi connectivity index (χ0n) is 11.2. The quantitative estimate of drug-likeness (QED) is 0.856. The number of anilines is 1. The number of halogens is 2. The van der Waals surface area contributed by atoms with Gasteiger partial charge in [0.15, 0.2) is 0 Å². The summed E-state index contributed by atoms with van der Waals surface area (Å²) in [6, 6.07) is 10.2. The highest BCUT2D eigenvalue weighted by molar-refractivity contribution is 8.00. The Balaban J connectivity index is 1.92. The number of amides is 1. The molecule has 1 N–H and O–H groups in total. The molecule has 3 nitrogen and oxygen atoms in total. The van der Waals surface area contributed by atoms with Gasteiger partial charge in [-0.2, -0.15) is 0 Å². The van der Waals surface area contributed by atoms with E-state index in [0.29, 0.717) is 5.75 Å². The summed E-state index contributed by atoms with van der Waals surface area (Å²) >= 11 is 1.31. The lowest BCUT2D eigenvalue weighted by Crippen LogP contribution is -2.14. The molecular weight excluding hydrogens is 296 g/mol. The molecule has 0 aliphatic heterocycles. The number of benzene rings is 2. The molecule has 0 aromatic heterocycles. The van der Waals surface area contributed by atoms with E-state index in [1.54, 1.807) is 19.2 Å². The largest absolute Gasteiger partial charge is 0.497 e. The lowest BCUT2D eigenvalue weighted by atomic mass is 10.3. The summed E-state index contributed by atoms with van der Waals surface area (Å²) < 4.78 is 31.1. The molecule has 21 heavy (non-hydrogen) atoms. The second-order valence-electron chi connectivity index (χ2n) is 4.17. The standard InChI is InChI=1S/C15H13F2NO2S/c1-20-13-3-2-4-14(8-13)21-9-15(19)18-12-6-10(16)5-11(17)7-12/h2-8H,9H2,1H3,(H,18,19). The van der Waals surface area contributed by atoms with Gasteiger partial charge in [0.1, 0.15) is 17.4 Å². The van der Waals surface area contributed by atoms with Crippen molar-refractivity contribution in [2.24, 2.45) is 0 Å². The molecule has 0 aliphatic carbocycles. The highest BCUT2D eigenvalue weighted by atomic mass is 32.2. The Bertz CT molecular complexity index is 629. The van der Waals surface area contributed by atoms with Crippen molar-refractivity contribution >= 4 is 23.4 Å². The van der Waals surface area contributed by atoms with Crippen LogP contribution in [0.4, 0.5) is 14.5 Å². The summed E-state index contributed by atoms with van der Waals surface area (Å²) in [6.07, 6.45) is 0. The Morgan fingerprint density at radius 1 is 1.19 bits per heavy atom. The number of nitrogens with one attached hydrogen (secondary N) is 1. The van der Waals surface area contributed by atoms with Gasteiger partial charge in [0.2, 0.25) is 5.91 Å². The number of hydrogen-bond donors (Lipinski definition) is 1. The van der Waals surface area contributed by atoms with Gasteiger partial charge in [-0.05, 0) is 30.3 Å². The first kappa shape index (κ1) is 15.3. The Labute approximate surface area is 125 Å². The van der Waals surface area contributed by atoms with Crippen molar-refractivity contribution in [2.75, 3.05) is 18.2 Å². The van der Waals surface area contributed by atoms with Crippen LogP contribution in [0.25, 0.3) is 0 Å². The zero-order valence-corrected chi connectivity index (χ0v) is 12.0. The molecule has 1 amide bonds. The van der Waals surface area contributed by atoms with Gasteiger partial charge < -0.3 is 10.1 Å². The van der Waals surface area contributed by atoms with Crippen molar-refractivity contribution in [3.8, 4) is 5.75 Å². The molecule has 0 radical (unpaired) electrons. The van der Waals surface area contributed by atoms with Crippen LogP contribution >= 0.6 is 11.8 Å². The average molecular weight is 309 g/mol. The third-order valence-corrected chi connectivity index (χ3v) is 3.55. The van der Waals surface area contributed by atoms with Crippen LogP contribution in [0.15, 0.2) is 47.4 Å². The van der Waals surface area contributed by atoms with Crippen LogP contribution in [0.3, 0.4) is 0 Å². The van der Waals surface area contributed by atoms with Gasteiger partial charge in [-0.15, -0.1) is 11.8 Å². The zero-order chi connectivity index (χ0) is 15.2. The fourth-order valence-corrected chi connectivity index (χ4v) is 2.41. The molecule has 0 saturated heterocycles. The number of ether oxygens (including phenoxy) is 1. The highest BCUT2D eigenvalue weighted by Crippen LogP contribution is 2.23. The van der Waals surface area contributed by atoms with E-state index in [9.17, 15) is 13.6 Å². The molecule has 0 heterocycles. The molecule has 2 aromatic rings. The average Bonchev–Trinajstić information content (AvgIpc) is 2.44. The summed E-state index contributed by atoms with van der Waals surface area (Å²) in [5.74, 6) is -0.970. The van der Waals surface area contributed by atoms with Crippen molar-refractivity contribution in [3.05, 3.63) is 54.1 Å². The maximum absolute atomic E-state index is 13.0. The summed E-state index contributed by atoms with van der Waals surface area (Å²) in [5.41, 5.74) is 0.101. The number of methoxy groups -OCH3 is 1. The minimum atomic E-state index is -0.731. The van der Waals surface area contributed by atoms with E-state index in [-0.39, 0.29) is 17.3 Å². The molecule has 0 atom stereocenters. The first-order valence-electron chi connectivity index (χ1n) is 6.09. The minimum Gasteiger partial charge on any atom is -0.497 e. The van der Waals surface area contributed by atoms with Gasteiger partial charge in [0.05, 0.1) is 12.9 Å². The third-order valence-electron chi connectivity index (χ3n) is 2.56. The van der Waals surface area contributed by atoms with Gasteiger partial charge >= 0.3 is 0 Å². The van der Waals surface area contributed by atoms with Gasteiger partial charge in [-0.3, -0.25) is 4.79 Å². The number of hydrogen-bond acceptors (Lipinski definition) is 3. The highest BCUT2D eigenvalue weighted by Gasteiger charge is 2.07. The van der Waals surface area contributed by atoms with Crippen molar-refractivity contribution in [3.63, 3.8) is 0 Å². The second-order valence-corrected chi connectivity index (χ2v) is 5.22. The van der Waals surface area contributed by atoms with Crippen LogP contribution in [0, 0.1) is 11.6 Å². The molecule has 0 fully saturated rings. The predicted octanol–water partition coefficient (Wildman–Crippen LogP) is 3.70. The Morgan fingerprint density at radius 2 is 1.90 bits per heavy atom. The summed E-state index contributed by atoms with van der Waals surface area (Å²) in [7, 11) is 1.56. The van der Waals surface area contributed by atoms with Crippen LogP contribution in [0.5, 0.6) is 5.75 Å². The van der Waals surface area contributed by atoms with Crippen molar-refractivity contribution < 1.29 is 18.3 Å². The van der Waals surface area contributed by atoms with E-state index < -0.39 is 11.6 Å². The van der Waals surface area contributed by atoms with Gasteiger partial charge in [0, 0.05) is 16.6 Å². The monoisotopic (exact) mass is 309 g/mol. The van der Waals surface area contributed by atoms with E-state index in [2.05, 4.69) is 5.32 Å². The molecular formula is C15H13F2NO2S. The summed E-state index contributed by atoms with van der Waals surface area (Å²) in [5, 5.41) is 2.45. The lowest BCUT2D eigenvalue weighted by molar-refractivity contribution is -0.113. The summed E-state index contributed by atoms with van der Waals surface area (Å²) in [4.78, 5) is 12.6. The fraction of sp³-hybridized carbons (Fsp3) is 0.133. The molecule has 110 valence electrons. The van der Waals surface area contributed by atoms with Gasteiger partial charge in [0.25, 0.3) is 0 Å². The van der Waals surface area contributed by atoms with E-state index in [0.717, 1.165) is 23.1 Å². The first-order valence-corrected chi connectivity index (χ1v) is 7.08. The topological polar surface area (TPSA) is 38.3 Å². The third kappa shape index (κ3) is 4.75. The van der Waals surface area contributed by atoms with E-state index in [1.165, 1.54) is 11.8 Å². The van der Waals surface area contributed by atoms with Crippen LogP contribution in [-0.4, -0.2) is 18.8 Å². The first-order chi connectivity index (χ1) is 10.1. The van der Waals surface area contributed by atoms with Crippen LogP contribution in [0.1, 0.15) is 0 Å². The van der Waals surface area contributed by atoms with Crippen LogP contribution in [0.2, 0.25) is 0 Å². The smallest absolute Gasteiger partial charge is 0.234 e. The maximum Gasteiger partial charge on any atom is 0.234 e. The molecule has 0 spiro atoms. The van der Waals surface area contributed by atoms with Crippen molar-refractivity contribution in [1.82, 2.24) is 0 Å². The Morgan fingerprint density at radius 3 is 2.57 bits per heavy atom. The number of carbonyl (C=O) groups excluding carboxylic acids is 1. The van der Waals surface area contributed by atoms with Gasteiger partial charge in [-0.1, -0.05) is 6.07 Å². The number of carbonyl (C=O) groups is 1. The molecule has 2 aromatic carbocycles. The maximum atomic E-state index is 13.0. The SMILES string of the molecule is COc1cccc(SCC(=O)Nc2cc(F)cc(F)c2)c1. The number of rotatable bonds is 5. The van der Waals surface area contributed by atoms with E-state index in [1.807, 2.05) is 12.1 Å². The molecule has 0 saturated carbocycles.